The number of aromatic amines is 1. The summed E-state index contributed by atoms with van der Waals surface area (Å²) in [6.45, 7) is 1.43. The number of amides is 1. The monoisotopic (exact) mass is 476 g/mol. The van der Waals surface area contributed by atoms with E-state index in [9.17, 15) is 13.2 Å². The molecule has 2 aromatic rings. The Balaban J connectivity index is 1.11. The number of sulfonamides is 1. The molecule has 2 aliphatic heterocycles. The van der Waals surface area contributed by atoms with Gasteiger partial charge in [-0.2, -0.15) is 0 Å². The van der Waals surface area contributed by atoms with E-state index < -0.39 is 21.4 Å². The predicted octanol–water partition coefficient (Wildman–Crippen LogP) is 2.85. The van der Waals surface area contributed by atoms with Gasteiger partial charge < -0.3 is 19.4 Å². The minimum atomic E-state index is -3.42. The van der Waals surface area contributed by atoms with E-state index in [-0.39, 0.29) is 25.3 Å². The third-order valence-corrected chi connectivity index (χ3v) is 9.71. The number of rotatable bonds is 5. The molecular weight excluding hydrogens is 444 g/mol. The topological polar surface area (TPSA) is 105 Å². The van der Waals surface area contributed by atoms with Gasteiger partial charge >= 0.3 is 6.09 Å². The van der Waals surface area contributed by atoms with E-state index in [0.717, 1.165) is 49.6 Å². The fraction of sp³-hybridized carbons (Fsp3) is 0.652. The molecular formula is C23H32N4O5S. The SMILES string of the molecule is COC1CCC(OC(=O)N2CC(S(=O)(=O)N3CCC(c4c[nH]c5ncccc45)CC3)C2)CC1. The van der Waals surface area contributed by atoms with Gasteiger partial charge in [-0.3, -0.25) is 0 Å². The van der Waals surface area contributed by atoms with Gasteiger partial charge in [0.15, 0.2) is 0 Å². The van der Waals surface area contributed by atoms with E-state index >= 15 is 0 Å². The molecule has 0 bridgehead atoms. The molecule has 0 atom stereocenters. The van der Waals surface area contributed by atoms with Crippen molar-refractivity contribution in [3.63, 3.8) is 0 Å². The van der Waals surface area contributed by atoms with Gasteiger partial charge in [-0.25, -0.2) is 22.5 Å². The largest absolute Gasteiger partial charge is 0.446 e. The number of aromatic nitrogens is 2. The molecule has 0 radical (unpaired) electrons. The molecule has 9 nitrogen and oxygen atoms in total. The zero-order chi connectivity index (χ0) is 23.0. The number of carbonyl (C=O) groups is 1. The highest BCUT2D eigenvalue weighted by Gasteiger charge is 2.44. The van der Waals surface area contributed by atoms with Crippen LogP contribution < -0.4 is 0 Å². The van der Waals surface area contributed by atoms with Crippen LogP contribution in [0.2, 0.25) is 0 Å². The lowest BCUT2D eigenvalue weighted by Gasteiger charge is -2.42. The number of nitrogens with zero attached hydrogens (tertiary/aromatic N) is 3. The van der Waals surface area contributed by atoms with Crippen LogP contribution in [0.5, 0.6) is 0 Å². The molecule has 1 saturated carbocycles. The molecule has 1 amide bonds. The maximum Gasteiger partial charge on any atom is 0.410 e. The molecule has 2 saturated heterocycles. The molecule has 2 aromatic heterocycles. The first-order valence-corrected chi connectivity index (χ1v) is 13.4. The summed E-state index contributed by atoms with van der Waals surface area (Å²) in [5.74, 6) is 0.315. The van der Waals surface area contributed by atoms with E-state index in [2.05, 4.69) is 16.0 Å². The van der Waals surface area contributed by atoms with E-state index in [4.69, 9.17) is 9.47 Å². The molecule has 3 fully saturated rings. The molecule has 0 spiro atoms. The molecule has 10 heteroatoms. The highest BCUT2D eigenvalue weighted by molar-refractivity contribution is 7.89. The van der Waals surface area contributed by atoms with Crippen molar-refractivity contribution in [2.75, 3.05) is 33.3 Å². The Hall–Kier alpha value is -2.17. The predicted molar refractivity (Wildman–Crippen MR) is 123 cm³/mol. The van der Waals surface area contributed by atoms with Crippen molar-refractivity contribution >= 4 is 27.1 Å². The number of likely N-dealkylation sites (tertiary alicyclic amines) is 1. The number of H-pyrrole nitrogens is 1. The second-order valence-electron chi connectivity index (χ2n) is 9.41. The quantitative estimate of drug-likeness (QED) is 0.712. The Kier molecular flexibility index (Phi) is 6.32. The van der Waals surface area contributed by atoms with Gasteiger partial charge in [0.05, 0.1) is 6.10 Å². The molecule has 180 valence electrons. The van der Waals surface area contributed by atoms with Crippen LogP contribution in [0.25, 0.3) is 11.0 Å². The number of piperidine rings is 1. The number of ether oxygens (including phenoxy) is 2. The molecule has 1 aliphatic carbocycles. The standard InChI is InChI=1S/C23H32N4O5S/c1-31-17-4-6-18(7-5-17)32-23(28)26-14-19(15-26)33(29,30)27-11-8-16(9-12-27)21-13-25-22-20(21)3-2-10-24-22/h2-3,10,13,16-19H,4-9,11-12,14-15H2,1H3,(H,24,25). The molecule has 5 rings (SSSR count). The number of methoxy groups -OCH3 is 1. The summed E-state index contributed by atoms with van der Waals surface area (Å²) in [6, 6.07) is 3.99. The van der Waals surface area contributed by atoms with E-state index in [1.54, 1.807) is 17.6 Å². The molecule has 4 heterocycles. The fourth-order valence-electron chi connectivity index (χ4n) is 5.33. The highest BCUT2D eigenvalue weighted by Crippen LogP contribution is 2.34. The Morgan fingerprint density at radius 3 is 2.48 bits per heavy atom. The van der Waals surface area contributed by atoms with Crippen LogP contribution >= 0.6 is 0 Å². The van der Waals surface area contributed by atoms with Gasteiger partial charge in [0, 0.05) is 51.1 Å². The zero-order valence-electron chi connectivity index (χ0n) is 19.0. The van der Waals surface area contributed by atoms with Crippen LogP contribution in [0.15, 0.2) is 24.5 Å². The average molecular weight is 477 g/mol. The number of nitrogens with one attached hydrogen (secondary N) is 1. The third-order valence-electron chi connectivity index (χ3n) is 7.49. The Labute approximate surface area is 194 Å². The smallest absolute Gasteiger partial charge is 0.410 e. The number of pyridine rings is 1. The van der Waals surface area contributed by atoms with Crippen LogP contribution in [0.3, 0.4) is 0 Å². The van der Waals surface area contributed by atoms with E-state index in [1.165, 1.54) is 10.5 Å². The van der Waals surface area contributed by atoms with Crippen molar-refractivity contribution in [2.24, 2.45) is 0 Å². The van der Waals surface area contributed by atoms with Gasteiger partial charge in [0.25, 0.3) is 0 Å². The lowest BCUT2D eigenvalue weighted by Crippen LogP contribution is -2.60. The summed E-state index contributed by atoms with van der Waals surface area (Å²) in [5, 5.41) is 0.575. The molecule has 1 N–H and O–H groups in total. The van der Waals surface area contributed by atoms with Crippen molar-refractivity contribution < 1.29 is 22.7 Å². The van der Waals surface area contributed by atoms with Gasteiger partial charge in [-0.05, 0) is 62.1 Å². The zero-order valence-corrected chi connectivity index (χ0v) is 19.8. The highest BCUT2D eigenvalue weighted by atomic mass is 32.2. The number of carbonyl (C=O) groups excluding carboxylic acids is 1. The maximum atomic E-state index is 13.1. The van der Waals surface area contributed by atoms with Gasteiger partial charge in [0.2, 0.25) is 10.0 Å². The molecule has 0 unspecified atom stereocenters. The van der Waals surface area contributed by atoms with Crippen LogP contribution in [0, 0.1) is 0 Å². The summed E-state index contributed by atoms with van der Waals surface area (Å²) in [7, 11) is -1.71. The summed E-state index contributed by atoms with van der Waals surface area (Å²) >= 11 is 0. The summed E-state index contributed by atoms with van der Waals surface area (Å²) < 4.78 is 38.8. The van der Waals surface area contributed by atoms with E-state index in [1.807, 2.05) is 12.3 Å². The minimum Gasteiger partial charge on any atom is -0.446 e. The number of hydrogen-bond donors (Lipinski definition) is 1. The Morgan fingerprint density at radius 1 is 1.09 bits per heavy atom. The van der Waals surface area contributed by atoms with Gasteiger partial charge in [0.1, 0.15) is 17.0 Å². The lowest BCUT2D eigenvalue weighted by atomic mass is 9.90. The summed E-state index contributed by atoms with van der Waals surface area (Å²) in [4.78, 5) is 21.5. The Morgan fingerprint density at radius 2 is 1.79 bits per heavy atom. The first kappa shape index (κ1) is 22.6. The van der Waals surface area contributed by atoms with Crippen molar-refractivity contribution in [2.45, 2.75) is 61.9 Å². The van der Waals surface area contributed by atoms with Crippen molar-refractivity contribution in [1.29, 1.82) is 0 Å². The third kappa shape index (κ3) is 4.48. The van der Waals surface area contributed by atoms with Gasteiger partial charge in [-0.15, -0.1) is 0 Å². The number of hydrogen-bond acceptors (Lipinski definition) is 6. The first-order chi connectivity index (χ1) is 16.0. The fourth-order valence-corrected chi connectivity index (χ4v) is 7.20. The van der Waals surface area contributed by atoms with Crippen molar-refractivity contribution in [3.8, 4) is 0 Å². The van der Waals surface area contributed by atoms with E-state index in [0.29, 0.717) is 19.0 Å². The van der Waals surface area contributed by atoms with Crippen LogP contribution in [-0.4, -0.2) is 84.4 Å². The number of fused-ring (bicyclic) bond motifs is 1. The van der Waals surface area contributed by atoms with Crippen molar-refractivity contribution in [3.05, 3.63) is 30.1 Å². The normalized spacial score (nSPS) is 25.8. The van der Waals surface area contributed by atoms with Crippen molar-refractivity contribution in [1.82, 2.24) is 19.2 Å². The average Bonchev–Trinajstić information content (AvgIpc) is 3.23. The summed E-state index contributed by atoms with van der Waals surface area (Å²) in [5.41, 5.74) is 2.09. The second kappa shape index (κ2) is 9.23. The summed E-state index contributed by atoms with van der Waals surface area (Å²) in [6.07, 6.45) is 8.44. The molecule has 3 aliphatic rings. The lowest BCUT2D eigenvalue weighted by molar-refractivity contribution is -0.00347. The molecule has 0 aromatic carbocycles. The molecule has 33 heavy (non-hydrogen) atoms. The van der Waals surface area contributed by atoms with Gasteiger partial charge in [-0.1, -0.05) is 0 Å². The van der Waals surface area contributed by atoms with Crippen LogP contribution in [0.4, 0.5) is 4.79 Å². The first-order valence-electron chi connectivity index (χ1n) is 11.8. The maximum absolute atomic E-state index is 13.1. The minimum absolute atomic E-state index is 0.0988. The van der Waals surface area contributed by atoms with Crippen LogP contribution in [0.1, 0.15) is 50.0 Å². The van der Waals surface area contributed by atoms with Crippen LogP contribution in [-0.2, 0) is 19.5 Å². The Bertz CT molecular complexity index is 1080. The second-order valence-corrected chi connectivity index (χ2v) is 11.6.